The van der Waals surface area contributed by atoms with Gasteiger partial charge in [0, 0.05) is 36.0 Å². The lowest BCUT2D eigenvalue weighted by atomic mass is 10.3. The van der Waals surface area contributed by atoms with Crippen molar-refractivity contribution >= 4 is 38.7 Å². The summed E-state index contributed by atoms with van der Waals surface area (Å²) in [4.78, 5) is 7.39. The van der Waals surface area contributed by atoms with Crippen molar-refractivity contribution < 1.29 is 8.42 Å². The van der Waals surface area contributed by atoms with Crippen LogP contribution in [0.15, 0.2) is 6.20 Å². The number of halogens is 1. The third-order valence-electron chi connectivity index (χ3n) is 3.04. The molecule has 1 fully saturated rings. The highest BCUT2D eigenvalue weighted by atomic mass is 35.5. The highest BCUT2D eigenvalue weighted by molar-refractivity contribution is 7.90. The van der Waals surface area contributed by atoms with Gasteiger partial charge in [-0.25, -0.2) is 13.4 Å². The van der Waals surface area contributed by atoms with Gasteiger partial charge in [0.05, 0.1) is 5.75 Å². The fraction of sp³-hybridized carbons (Fsp3) is 0.727. The Morgan fingerprint density at radius 1 is 1.58 bits per heavy atom. The third-order valence-corrected chi connectivity index (χ3v) is 4.94. The van der Waals surface area contributed by atoms with Crippen molar-refractivity contribution in [3.8, 4) is 0 Å². The van der Waals surface area contributed by atoms with Crippen LogP contribution in [0.3, 0.4) is 0 Å². The van der Waals surface area contributed by atoms with E-state index in [1.807, 2.05) is 6.92 Å². The monoisotopic (exact) mass is 325 g/mol. The van der Waals surface area contributed by atoms with Crippen LogP contribution in [0.4, 0.5) is 5.13 Å². The summed E-state index contributed by atoms with van der Waals surface area (Å²) in [7, 11) is -2.94. The molecule has 0 bridgehead atoms. The summed E-state index contributed by atoms with van der Waals surface area (Å²) in [6, 6.07) is 0.556. The molecule has 1 aromatic rings. The van der Waals surface area contributed by atoms with E-state index in [0.29, 0.717) is 11.2 Å². The highest BCUT2D eigenvalue weighted by Gasteiger charge is 2.33. The summed E-state index contributed by atoms with van der Waals surface area (Å²) in [5.74, 6) is 0.206. The predicted octanol–water partition coefficient (Wildman–Crippen LogP) is 1.54. The molecule has 1 aliphatic carbocycles. The predicted molar refractivity (Wildman–Crippen MR) is 81.5 cm³/mol. The Morgan fingerprint density at radius 2 is 2.21 bits per heavy atom. The Hall–Kier alpha value is -0.370. The molecule has 2 N–H and O–H groups in total. The van der Waals surface area contributed by atoms with Gasteiger partial charge >= 0.3 is 0 Å². The van der Waals surface area contributed by atoms with Crippen LogP contribution in [0.5, 0.6) is 0 Å². The molecule has 0 amide bonds. The first-order valence-corrected chi connectivity index (χ1v) is 8.86. The fourth-order valence-electron chi connectivity index (χ4n) is 2.16. The molecule has 1 aromatic heterocycles. The number of thiazole rings is 1. The lowest BCUT2D eigenvalue weighted by Gasteiger charge is -2.27. The van der Waals surface area contributed by atoms with E-state index in [2.05, 4.69) is 9.88 Å². The first kappa shape index (κ1) is 16.7. The third kappa shape index (κ3) is 5.25. The van der Waals surface area contributed by atoms with Crippen molar-refractivity contribution in [1.82, 2.24) is 9.88 Å². The van der Waals surface area contributed by atoms with Crippen LogP contribution in [0, 0.1) is 0 Å². The molecule has 2 rings (SSSR count). The van der Waals surface area contributed by atoms with Gasteiger partial charge in [-0.2, -0.15) is 0 Å². The second kappa shape index (κ2) is 6.39. The minimum Gasteiger partial charge on any atom is -0.375 e. The largest absolute Gasteiger partial charge is 0.375 e. The van der Waals surface area contributed by atoms with Crippen molar-refractivity contribution in [3.63, 3.8) is 0 Å². The first-order chi connectivity index (χ1) is 8.35. The molecule has 19 heavy (non-hydrogen) atoms. The molecule has 0 spiro atoms. The molecule has 5 nitrogen and oxygen atoms in total. The van der Waals surface area contributed by atoms with Gasteiger partial charge in [-0.05, 0) is 19.8 Å². The molecule has 0 aliphatic heterocycles. The van der Waals surface area contributed by atoms with E-state index in [9.17, 15) is 8.42 Å². The van der Waals surface area contributed by atoms with Crippen LogP contribution >= 0.6 is 23.7 Å². The lowest BCUT2D eigenvalue weighted by molar-refractivity contribution is 0.205. The zero-order valence-corrected chi connectivity index (χ0v) is 13.5. The minimum atomic E-state index is -2.94. The van der Waals surface area contributed by atoms with E-state index in [1.165, 1.54) is 17.6 Å². The van der Waals surface area contributed by atoms with Gasteiger partial charge in [0.15, 0.2) is 5.13 Å². The van der Waals surface area contributed by atoms with Crippen molar-refractivity contribution in [1.29, 1.82) is 0 Å². The van der Waals surface area contributed by atoms with Crippen LogP contribution in [0.25, 0.3) is 0 Å². The van der Waals surface area contributed by atoms with Crippen LogP contribution in [-0.4, -0.2) is 42.4 Å². The number of anilines is 1. The second-order valence-corrected chi connectivity index (χ2v) is 8.34. The quantitative estimate of drug-likeness (QED) is 0.858. The number of rotatable bonds is 6. The van der Waals surface area contributed by atoms with Gasteiger partial charge < -0.3 is 5.73 Å². The van der Waals surface area contributed by atoms with Crippen LogP contribution < -0.4 is 5.73 Å². The minimum absolute atomic E-state index is 0. The smallest absolute Gasteiger partial charge is 0.180 e. The molecule has 1 atom stereocenters. The summed E-state index contributed by atoms with van der Waals surface area (Å²) >= 11 is 1.47. The fourth-order valence-corrected chi connectivity index (χ4v) is 3.92. The average Bonchev–Trinajstić information content (AvgIpc) is 2.97. The normalized spacial score (nSPS) is 17.2. The summed E-state index contributed by atoms with van der Waals surface area (Å²) in [6.45, 7) is 2.72. The molecule has 0 saturated heterocycles. The average molecular weight is 326 g/mol. The number of sulfone groups is 1. The number of nitrogen functional groups attached to an aromatic ring is 1. The van der Waals surface area contributed by atoms with E-state index in [-0.39, 0.29) is 24.2 Å². The maximum atomic E-state index is 11.4. The SMILES string of the molecule is CC(CS(C)(=O)=O)N(Cc1cnc(N)s1)C1CC1.Cl. The molecule has 8 heteroatoms. The van der Waals surface area contributed by atoms with E-state index in [0.717, 1.165) is 24.3 Å². The number of hydrogen-bond acceptors (Lipinski definition) is 6. The molecule has 1 aliphatic rings. The molecular weight excluding hydrogens is 306 g/mol. The molecule has 1 unspecified atom stereocenters. The molecule has 1 heterocycles. The van der Waals surface area contributed by atoms with Crippen LogP contribution in [-0.2, 0) is 16.4 Å². The maximum Gasteiger partial charge on any atom is 0.180 e. The molecule has 110 valence electrons. The van der Waals surface area contributed by atoms with E-state index in [4.69, 9.17) is 5.73 Å². The zero-order chi connectivity index (χ0) is 13.3. The first-order valence-electron chi connectivity index (χ1n) is 5.99. The number of hydrogen-bond donors (Lipinski definition) is 1. The van der Waals surface area contributed by atoms with Crippen molar-refractivity contribution in [2.45, 2.75) is 38.4 Å². The van der Waals surface area contributed by atoms with Crippen molar-refractivity contribution in [3.05, 3.63) is 11.1 Å². The zero-order valence-electron chi connectivity index (χ0n) is 11.1. The Morgan fingerprint density at radius 3 is 2.63 bits per heavy atom. The Balaban J connectivity index is 0.00000180. The van der Waals surface area contributed by atoms with Gasteiger partial charge in [0.1, 0.15) is 9.84 Å². The van der Waals surface area contributed by atoms with Crippen LogP contribution in [0.1, 0.15) is 24.6 Å². The van der Waals surface area contributed by atoms with Crippen LogP contribution in [0.2, 0.25) is 0 Å². The van der Waals surface area contributed by atoms with Crippen molar-refractivity contribution in [2.24, 2.45) is 0 Å². The lowest BCUT2D eigenvalue weighted by Crippen LogP contribution is -2.38. The van der Waals surface area contributed by atoms with Gasteiger partial charge in [-0.1, -0.05) is 0 Å². The standard InChI is InChI=1S/C11H19N3O2S2.ClH/c1-8(7-18(2,15)16)14(9-3-4-9)6-10-5-13-11(12)17-10;/h5,8-9H,3-4,6-7H2,1-2H3,(H2,12,13);1H. The molecular formula is C11H20ClN3O2S2. The van der Waals surface area contributed by atoms with Gasteiger partial charge in [-0.3, -0.25) is 4.90 Å². The summed E-state index contributed by atoms with van der Waals surface area (Å²) in [5, 5.41) is 0.566. The van der Waals surface area contributed by atoms with Gasteiger partial charge in [-0.15, -0.1) is 23.7 Å². The molecule has 1 saturated carbocycles. The van der Waals surface area contributed by atoms with E-state index in [1.54, 1.807) is 6.20 Å². The topological polar surface area (TPSA) is 76.3 Å². The number of aromatic nitrogens is 1. The second-order valence-electron chi connectivity index (χ2n) is 5.01. The summed E-state index contributed by atoms with van der Waals surface area (Å²) in [5.41, 5.74) is 5.62. The summed E-state index contributed by atoms with van der Waals surface area (Å²) in [6.07, 6.45) is 5.38. The van der Waals surface area contributed by atoms with Gasteiger partial charge in [0.25, 0.3) is 0 Å². The summed E-state index contributed by atoms with van der Waals surface area (Å²) < 4.78 is 22.8. The number of nitrogens with zero attached hydrogens (tertiary/aromatic N) is 2. The maximum absolute atomic E-state index is 11.4. The van der Waals surface area contributed by atoms with E-state index >= 15 is 0 Å². The number of nitrogens with two attached hydrogens (primary N) is 1. The Bertz CT molecular complexity index is 514. The Kier molecular flexibility index (Phi) is 5.61. The van der Waals surface area contributed by atoms with E-state index < -0.39 is 9.84 Å². The molecule has 0 aromatic carbocycles. The highest BCUT2D eigenvalue weighted by Crippen LogP contribution is 2.31. The van der Waals surface area contributed by atoms with Gasteiger partial charge in [0.2, 0.25) is 0 Å². The van der Waals surface area contributed by atoms with Crippen molar-refractivity contribution in [2.75, 3.05) is 17.7 Å². The Labute approximate surface area is 124 Å². The molecule has 0 radical (unpaired) electrons.